The lowest BCUT2D eigenvalue weighted by molar-refractivity contribution is 0.173. The molecule has 2 aromatic rings. The maximum Gasteiger partial charge on any atom is 0.231 e. The van der Waals surface area contributed by atoms with E-state index in [4.69, 9.17) is 26.8 Å². The van der Waals surface area contributed by atoms with Crippen molar-refractivity contribution in [2.45, 2.75) is 19.1 Å². The molecule has 0 aromatic heterocycles. The average molecular weight is 317 g/mol. The first-order valence-electron chi connectivity index (χ1n) is 7.35. The number of benzene rings is 2. The maximum atomic E-state index is 6.13. The molecule has 0 bridgehead atoms. The van der Waals surface area contributed by atoms with Gasteiger partial charge in [-0.1, -0.05) is 23.7 Å². The second kappa shape index (κ2) is 5.47. The molecule has 5 heteroatoms. The van der Waals surface area contributed by atoms with Gasteiger partial charge in [-0.3, -0.25) is 4.90 Å². The molecule has 0 fully saturated rings. The van der Waals surface area contributed by atoms with Crippen LogP contribution >= 0.6 is 11.6 Å². The van der Waals surface area contributed by atoms with E-state index in [1.54, 1.807) is 0 Å². The van der Waals surface area contributed by atoms with Crippen molar-refractivity contribution in [2.75, 3.05) is 13.3 Å². The lowest BCUT2D eigenvalue weighted by Gasteiger charge is -2.24. The second-order valence-electron chi connectivity index (χ2n) is 5.69. The van der Waals surface area contributed by atoms with Gasteiger partial charge in [0.1, 0.15) is 0 Å². The van der Waals surface area contributed by atoms with Crippen LogP contribution in [0.1, 0.15) is 22.7 Å². The Hall–Kier alpha value is -1.75. The molecule has 2 heterocycles. The number of fused-ring (bicyclic) bond motifs is 2. The first kappa shape index (κ1) is 13.9. The van der Waals surface area contributed by atoms with Crippen LogP contribution in [0.3, 0.4) is 0 Å². The van der Waals surface area contributed by atoms with Crippen molar-refractivity contribution in [3.63, 3.8) is 0 Å². The highest BCUT2D eigenvalue weighted by Crippen LogP contribution is 2.37. The van der Waals surface area contributed by atoms with Gasteiger partial charge in [0.2, 0.25) is 6.79 Å². The van der Waals surface area contributed by atoms with Gasteiger partial charge >= 0.3 is 0 Å². The molecule has 0 saturated carbocycles. The number of hydrogen-bond acceptors (Lipinski definition) is 4. The minimum Gasteiger partial charge on any atom is -0.454 e. The van der Waals surface area contributed by atoms with Crippen LogP contribution in [0.2, 0.25) is 5.02 Å². The molecule has 0 radical (unpaired) electrons. The van der Waals surface area contributed by atoms with Crippen molar-refractivity contribution in [2.24, 2.45) is 5.73 Å². The first-order valence-corrected chi connectivity index (χ1v) is 7.73. The Morgan fingerprint density at radius 1 is 1.14 bits per heavy atom. The zero-order valence-corrected chi connectivity index (χ0v) is 12.8. The van der Waals surface area contributed by atoms with Crippen LogP contribution in [0.4, 0.5) is 0 Å². The molecule has 22 heavy (non-hydrogen) atoms. The minimum atomic E-state index is 0.208. The van der Waals surface area contributed by atoms with E-state index < -0.39 is 0 Å². The molecular formula is C17H17ClN2O2. The molecule has 2 N–H and O–H groups in total. The Morgan fingerprint density at radius 2 is 2.00 bits per heavy atom. The highest BCUT2D eigenvalue weighted by Gasteiger charge is 2.29. The largest absolute Gasteiger partial charge is 0.454 e. The van der Waals surface area contributed by atoms with Crippen molar-refractivity contribution in [1.82, 2.24) is 4.90 Å². The van der Waals surface area contributed by atoms with Crippen LogP contribution < -0.4 is 15.2 Å². The van der Waals surface area contributed by atoms with Gasteiger partial charge in [-0.05, 0) is 41.0 Å². The van der Waals surface area contributed by atoms with Gasteiger partial charge in [0, 0.05) is 30.7 Å². The summed E-state index contributed by atoms with van der Waals surface area (Å²) in [5.41, 5.74) is 9.75. The van der Waals surface area contributed by atoms with Crippen molar-refractivity contribution >= 4 is 11.6 Å². The SMILES string of the molecule is NCC1c2cc(Cl)ccc2CN1Cc1ccc2c(c1)OCO2. The summed E-state index contributed by atoms with van der Waals surface area (Å²) in [6.45, 7) is 2.60. The summed E-state index contributed by atoms with van der Waals surface area (Å²) >= 11 is 6.13. The van der Waals surface area contributed by atoms with Gasteiger partial charge in [0.25, 0.3) is 0 Å². The molecule has 0 aliphatic carbocycles. The highest BCUT2D eigenvalue weighted by molar-refractivity contribution is 6.30. The summed E-state index contributed by atoms with van der Waals surface area (Å²) in [6.07, 6.45) is 0. The predicted octanol–water partition coefficient (Wildman–Crippen LogP) is 3.08. The summed E-state index contributed by atoms with van der Waals surface area (Å²) in [5, 5.41) is 0.766. The molecule has 114 valence electrons. The van der Waals surface area contributed by atoms with Crippen LogP contribution in [0, 0.1) is 0 Å². The van der Waals surface area contributed by atoms with Gasteiger partial charge in [0.15, 0.2) is 11.5 Å². The number of nitrogens with zero attached hydrogens (tertiary/aromatic N) is 1. The normalized spacial score (nSPS) is 19.5. The summed E-state index contributed by atoms with van der Waals surface area (Å²) in [7, 11) is 0. The topological polar surface area (TPSA) is 47.7 Å². The monoisotopic (exact) mass is 316 g/mol. The van der Waals surface area contributed by atoms with Crippen LogP contribution in [0.5, 0.6) is 11.5 Å². The van der Waals surface area contributed by atoms with Gasteiger partial charge < -0.3 is 15.2 Å². The van der Waals surface area contributed by atoms with Crippen molar-refractivity contribution in [3.05, 3.63) is 58.1 Å². The van der Waals surface area contributed by atoms with E-state index in [0.717, 1.165) is 29.6 Å². The van der Waals surface area contributed by atoms with Crippen LogP contribution in [0.25, 0.3) is 0 Å². The molecule has 2 aliphatic heterocycles. The Kier molecular flexibility index (Phi) is 3.45. The fourth-order valence-corrected chi connectivity index (χ4v) is 3.44. The lowest BCUT2D eigenvalue weighted by atomic mass is 10.1. The van der Waals surface area contributed by atoms with Crippen molar-refractivity contribution in [3.8, 4) is 11.5 Å². The van der Waals surface area contributed by atoms with E-state index in [0.29, 0.717) is 13.3 Å². The molecule has 1 atom stereocenters. The standard InChI is InChI=1S/C17H17ClN2O2/c18-13-3-2-12-9-20(15(7-19)14(12)6-13)8-11-1-4-16-17(5-11)22-10-21-16/h1-6,15H,7-10,19H2. The first-order chi connectivity index (χ1) is 10.7. The summed E-state index contributed by atoms with van der Waals surface area (Å²) in [4.78, 5) is 2.37. The third-order valence-corrected chi connectivity index (χ3v) is 4.56. The third kappa shape index (κ3) is 2.33. The quantitative estimate of drug-likeness (QED) is 0.945. The van der Waals surface area contributed by atoms with Crippen LogP contribution in [0.15, 0.2) is 36.4 Å². The second-order valence-corrected chi connectivity index (χ2v) is 6.12. The number of ether oxygens (including phenoxy) is 2. The third-order valence-electron chi connectivity index (χ3n) is 4.33. The van der Waals surface area contributed by atoms with E-state index in [2.05, 4.69) is 17.0 Å². The Balaban J connectivity index is 1.59. The molecule has 0 amide bonds. The van der Waals surface area contributed by atoms with Crippen LogP contribution in [-0.2, 0) is 13.1 Å². The maximum absolute atomic E-state index is 6.13. The van der Waals surface area contributed by atoms with Crippen molar-refractivity contribution in [1.29, 1.82) is 0 Å². The summed E-state index contributed by atoms with van der Waals surface area (Å²) in [6, 6.07) is 12.4. The van der Waals surface area contributed by atoms with Gasteiger partial charge in [-0.2, -0.15) is 0 Å². The van der Waals surface area contributed by atoms with E-state index in [1.165, 1.54) is 16.7 Å². The fourth-order valence-electron chi connectivity index (χ4n) is 3.26. The molecule has 2 aromatic carbocycles. The summed E-state index contributed by atoms with van der Waals surface area (Å²) < 4.78 is 10.8. The minimum absolute atomic E-state index is 0.208. The average Bonchev–Trinajstić information content (AvgIpc) is 3.10. The molecule has 4 rings (SSSR count). The molecule has 0 saturated heterocycles. The Labute approximate surface area is 134 Å². The number of rotatable bonds is 3. The van der Waals surface area contributed by atoms with E-state index in [9.17, 15) is 0 Å². The molecule has 2 aliphatic rings. The highest BCUT2D eigenvalue weighted by atomic mass is 35.5. The number of hydrogen-bond donors (Lipinski definition) is 1. The molecule has 1 unspecified atom stereocenters. The van der Waals surface area contributed by atoms with Gasteiger partial charge in [-0.25, -0.2) is 0 Å². The number of nitrogens with two attached hydrogens (primary N) is 1. The smallest absolute Gasteiger partial charge is 0.231 e. The van der Waals surface area contributed by atoms with Crippen molar-refractivity contribution < 1.29 is 9.47 Å². The van der Waals surface area contributed by atoms with E-state index in [-0.39, 0.29) is 6.04 Å². The van der Waals surface area contributed by atoms with E-state index >= 15 is 0 Å². The number of halogens is 1. The van der Waals surface area contributed by atoms with Crippen LogP contribution in [-0.4, -0.2) is 18.2 Å². The fraction of sp³-hybridized carbons (Fsp3) is 0.294. The Morgan fingerprint density at radius 3 is 2.86 bits per heavy atom. The summed E-state index contributed by atoms with van der Waals surface area (Å²) in [5.74, 6) is 1.64. The zero-order valence-electron chi connectivity index (χ0n) is 12.1. The van der Waals surface area contributed by atoms with Gasteiger partial charge in [-0.15, -0.1) is 0 Å². The molecule has 4 nitrogen and oxygen atoms in total. The molecular weight excluding hydrogens is 300 g/mol. The zero-order chi connectivity index (χ0) is 15.1. The van der Waals surface area contributed by atoms with E-state index in [1.807, 2.05) is 24.3 Å². The Bertz CT molecular complexity index is 720. The predicted molar refractivity (Wildman–Crippen MR) is 85.1 cm³/mol. The molecule has 0 spiro atoms. The lowest BCUT2D eigenvalue weighted by Crippen LogP contribution is -2.27. The van der Waals surface area contributed by atoms with Gasteiger partial charge in [0.05, 0.1) is 0 Å².